The van der Waals surface area contributed by atoms with Crippen molar-refractivity contribution in [1.29, 1.82) is 0 Å². The predicted molar refractivity (Wildman–Crippen MR) is 58.6 cm³/mol. The summed E-state index contributed by atoms with van der Waals surface area (Å²) in [6.07, 6.45) is 2.33. The van der Waals surface area contributed by atoms with Gasteiger partial charge in [0.25, 0.3) is 5.91 Å². The molecule has 2 aliphatic rings. The van der Waals surface area contributed by atoms with Gasteiger partial charge in [-0.1, -0.05) is 0 Å². The molecule has 1 atom stereocenters. The quantitative estimate of drug-likeness (QED) is 0.709. The summed E-state index contributed by atoms with van der Waals surface area (Å²) >= 11 is 0. The number of hydrogen-bond donors (Lipinski definition) is 0. The summed E-state index contributed by atoms with van der Waals surface area (Å²) in [5.41, 5.74) is 0.670. The average molecular weight is 254 g/mol. The Hall–Kier alpha value is -1.85. The van der Waals surface area contributed by atoms with Gasteiger partial charge in [0.1, 0.15) is 0 Å². The zero-order chi connectivity index (χ0) is 12.9. The van der Waals surface area contributed by atoms with Crippen LogP contribution in [0.15, 0.2) is 17.2 Å². The summed E-state index contributed by atoms with van der Waals surface area (Å²) in [5.74, 6) is -4.77. The molecular weight excluding hydrogens is 245 g/mol. The van der Waals surface area contributed by atoms with Gasteiger partial charge in [-0.05, 0) is 19.3 Å². The molecule has 1 heterocycles. The number of anilines is 1. The van der Waals surface area contributed by atoms with E-state index in [0.717, 1.165) is 35.7 Å². The van der Waals surface area contributed by atoms with Gasteiger partial charge in [-0.2, -0.15) is 5.10 Å². The first-order chi connectivity index (χ1) is 8.58. The van der Waals surface area contributed by atoms with Crippen LogP contribution in [0.25, 0.3) is 0 Å². The van der Waals surface area contributed by atoms with Gasteiger partial charge < -0.3 is 0 Å². The van der Waals surface area contributed by atoms with Crippen LogP contribution in [0.3, 0.4) is 0 Å². The van der Waals surface area contributed by atoms with Crippen molar-refractivity contribution in [2.45, 2.75) is 19.3 Å². The van der Waals surface area contributed by atoms with Gasteiger partial charge in [-0.3, -0.25) is 4.79 Å². The summed E-state index contributed by atoms with van der Waals surface area (Å²) in [6.45, 7) is 0. The van der Waals surface area contributed by atoms with Crippen LogP contribution in [-0.4, -0.2) is 11.6 Å². The van der Waals surface area contributed by atoms with Crippen LogP contribution in [0.5, 0.6) is 0 Å². The monoisotopic (exact) mass is 254 g/mol. The molecule has 0 saturated heterocycles. The molecule has 1 amide bonds. The van der Waals surface area contributed by atoms with Gasteiger partial charge in [0.2, 0.25) is 0 Å². The highest BCUT2D eigenvalue weighted by Crippen LogP contribution is 2.33. The van der Waals surface area contributed by atoms with Gasteiger partial charge in [0.15, 0.2) is 17.5 Å². The van der Waals surface area contributed by atoms with Crippen LogP contribution < -0.4 is 5.01 Å². The van der Waals surface area contributed by atoms with Crippen molar-refractivity contribution < 1.29 is 18.0 Å². The van der Waals surface area contributed by atoms with Crippen LogP contribution in [0.4, 0.5) is 18.9 Å². The van der Waals surface area contributed by atoms with E-state index in [1.807, 2.05) is 0 Å². The Kier molecular flexibility index (Phi) is 2.39. The molecular formula is C12H9F3N2O. The minimum atomic E-state index is -1.54. The highest BCUT2D eigenvalue weighted by atomic mass is 19.2. The van der Waals surface area contributed by atoms with Crippen molar-refractivity contribution in [2.75, 3.05) is 5.01 Å². The number of hydrazone groups is 1. The van der Waals surface area contributed by atoms with Crippen molar-refractivity contribution >= 4 is 17.3 Å². The fourth-order valence-corrected chi connectivity index (χ4v) is 2.39. The Bertz CT molecular complexity index is 547. The van der Waals surface area contributed by atoms with Crippen molar-refractivity contribution in [1.82, 2.24) is 0 Å². The van der Waals surface area contributed by atoms with Crippen molar-refractivity contribution in [3.63, 3.8) is 0 Å². The van der Waals surface area contributed by atoms with Crippen LogP contribution in [-0.2, 0) is 4.79 Å². The third-order valence-electron chi connectivity index (χ3n) is 3.28. The lowest BCUT2D eigenvalue weighted by atomic mass is 10.1. The third-order valence-corrected chi connectivity index (χ3v) is 3.28. The fourth-order valence-electron chi connectivity index (χ4n) is 2.39. The Balaban J connectivity index is 2.02. The van der Waals surface area contributed by atoms with E-state index in [0.29, 0.717) is 6.42 Å². The first-order valence-electron chi connectivity index (χ1n) is 5.64. The van der Waals surface area contributed by atoms with Crippen LogP contribution in [0.2, 0.25) is 0 Å². The van der Waals surface area contributed by atoms with Crippen molar-refractivity contribution in [3.05, 3.63) is 29.6 Å². The molecule has 1 saturated carbocycles. The normalized spacial score (nSPS) is 22.4. The molecule has 94 valence electrons. The van der Waals surface area contributed by atoms with E-state index in [1.54, 1.807) is 0 Å². The fraction of sp³-hybridized carbons (Fsp3) is 0.333. The lowest BCUT2D eigenvalue weighted by molar-refractivity contribution is -0.119. The number of hydrogen-bond acceptors (Lipinski definition) is 2. The molecule has 1 aromatic rings. The summed E-state index contributed by atoms with van der Waals surface area (Å²) < 4.78 is 39.1. The van der Waals surface area contributed by atoms with E-state index in [2.05, 4.69) is 5.10 Å². The van der Waals surface area contributed by atoms with Gasteiger partial charge >= 0.3 is 0 Å². The van der Waals surface area contributed by atoms with E-state index in [-0.39, 0.29) is 17.5 Å². The van der Waals surface area contributed by atoms with Gasteiger partial charge in [0.05, 0.1) is 17.3 Å². The highest BCUT2D eigenvalue weighted by Gasteiger charge is 2.39. The summed E-state index contributed by atoms with van der Waals surface area (Å²) in [6, 6.07) is 1.56. The number of carbonyl (C=O) groups excluding carboxylic acids is 1. The molecule has 0 spiro atoms. The smallest absolute Gasteiger partial charge is 0.256 e. The highest BCUT2D eigenvalue weighted by molar-refractivity contribution is 6.16. The Morgan fingerprint density at radius 2 is 1.89 bits per heavy atom. The van der Waals surface area contributed by atoms with E-state index in [1.165, 1.54) is 0 Å². The van der Waals surface area contributed by atoms with Crippen LogP contribution in [0.1, 0.15) is 19.3 Å². The Morgan fingerprint density at radius 1 is 1.22 bits per heavy atom. The minimum absolute atomic E-state index is 0.0710. The first-order valence-corrected chi connectivity index (χ1v) is 5.64. The van der Waals surface area contributed by atoms with Gasteiger partial charge in [-0.25, -0.2) is 18.2 Å². The average Bonchev–Trinajstić information content (AvgIpc) is 2.89. The Labute approximate surface area is 101 Å². The number of fused-ring (bicyclic) bond motifs is 1. The lowest BCUT2D eigenvalue weighted by Gasteiger charge is -2.14. The predicted octanol–water partition coefficient (Wildman–Crippen LogP) is 2.61. The first kappa shape index (κ1) is 11.3. The van der Waals surface area contributed by atoms with Crippen molar-refractivity contribution in [2.24, 2.45) is 11.0 Å². The number of amides is 1. The SMILES string of the molecule is O=C1C2CCCC2=NN1c1cc(F)c(F)c(F)c1. The molecule has 1 aliphatic heterocycles. The summed E-state index contributed by atoms with van der Waals surface area (Å²) in [7, 11) is 0. The van der Waals surface area contributed by atoms with E-state index in [4.69, 9.17) is 0 Å². The molecule has 3 nitrogen and oxygen atoms in total. The third kappa shape index (κ3) is 1.52. The summed E-state index contributed by atoms with van der Waals surface area (Å²) in [4.78, 5) is 12.0. The lowest BCUT2D eigenvalue weighted by Crippen LogP contribution is -2.26. The zero-order valence-electron chi connectivity index (χ0n) is 9.29. The second-order valence-corrected chi connectivity index (χ2v) is 4.41. The second-order valence-electron chi connectivity index (χ2n) is 4.41. The number of benzene rings is 1. The summed E-state index contributed by atoms with van der Waals surface area (Å²) in [5, 5.41) is 5.02. The van der Waals surface area contributed by atoms with Gasteiger partial charge in [0, 0.05) is 12.1 Å². The molecule has 6 heteroatoms. The number of nitrogens with zero attached hydrogens (tertiary/aromatic N) is 2. The minimum Gasteiger partial charge on any atom is -0.272 e. The second kappa shape index (κ2) is 3.83. The molecule has 0 radical (unpaired) electrons. The Morgan fingerprint density at radius 3 is 2.50 bits per heavy atom. The van der Waals surface area contributed by atoms with E-state index >= 15 is 0 Å². The molecule has 0 aromatic heterocycles. The van der Waals surface area contributed by atoms with E-state index in [9.17, 15) is 18.0 Å². The van der Waals surface area contributed by atoms with Gasteiger partial charge in [-0.15, -0.1) is 0 Å². The molecule has 1 fully saturated rings. The maximum atomic E-state index is 13.1. The zero-order valence-corrected chi connectivity index (χ0v) is 9.29. The maximum absolute atomic E-state index is 13.1. The molecule has 1 aliphatic carbocycles. The van der Waals surface area contributed by atoms with E-state index < -0.39 is 17.5 Å². The number of halogens is 3. The molecule has 0 bridgehead atoms. The van der Waals surface area contributed by atoms with Crippen LogP contribution >= 0.6 is 0 Å². The number of rotatable bonds is 1. The largest absolute Gasteiger partial charge is 0.272 e. The molecule has 3 rings (SSSR count). The topological polar surface area (TPSA) is 32.7 Å². The maximum Gasteiger partial charge on any atom is 0.256 e. The standard InChI is InChI=1S/C12H9F3N2O/c13-8-4-6(5-9(14)11(8)15)17-12(18)7-2-1-3-10(7)16-17/h4-5,7H,1-3H2. The molecule has 18 heavy (non-hydrogen) atoms. The van der Waals surface area contributed by atoms with Crippen LogP contribution in [0, 0.1) is 23.4 Å². The molecule has 0 N–H and O–H groups in total. The molecule has 1 unspecified atom stereocenters. The van der Waals surface area contributed by atoms with Crippen molar-refractivity contribution in [3.8, 4) is 0 Å². The molecule has 1 aromatic carbocycles. The number of carbonyl (C=O) groups is 1.